The highest BCUT2D eigenvalue weighted by Gasteiger charge is 2.50. The third-order valence-corrected chi connectivity index (χ3v) is 7.57. The lowest BCUT2D eigenvalue weighted by Gasteiger charge is -2.28. The molecule has 0 aliphatic carbocycles. The molecule has 40 heavy (non-hydrogen) atoms. The van der Waals surface area contributed by atoms with Gasteiger partial charge in [-0.2, -0.15) is 9.97 Å². The lowest BCUT2D eigenvalue weighted by Crippen LogP contribution is -2.48. The zero-order valence-corrected chi connectivity index (χ0v) is 22.0. The van der Waals surface area contributed by atoms with Crippen LogP contribution in [0.4, 0.5) is 23.1 Å². The molecule has 0 bridgehead atoms. The fourth-order valence-corrected chi connectivity index (χ4v) is 5.14. The summed E-state index contributed by atoms with van der Waals surface area (Å²) in [6.45, 7) is -0.327. The second-order valence-corrected chi connectivity index (χ2v) is 10.9. The van der Waals surface area contributed by atoms with E-state index >= 15 is 0 Å². The minimum Gasteiger partial charge on any atom is -0.398 e. The van der Waals surface area contributed by atoms with E-state index in [0.717, 1.165) is 11.0 Å². The highest BCUT2D eigenvalue weighted by molar-refractivity contribution is 7.92. The minimum absolute atomic E-state index is 0.0494. The van der Waals surface area contributed by atoms with Gasteiger partial charge in [0.2, 0.25) is 16.0 Å². The largest absolute Gasteiger partial charge is 0.398 e. The lowest BCUT2D eigenvalue weighted by molar-refractivity contribution is -0.107. The van der Waals surface area contributed by atoms with Crippen LogP contribution in [0.15, 0.2) is 60.3 Å². The van der Waals surface area contributed by atoms with Gasteiger partial charge in [0.25, 0.3) is 0 Å². The molecule has 1 aliphatic rings. The van der Waals surface area contributed by atoms with Gasteiger partial charge in [-0.1, -0.05) is 30.3 Å². The van der Waals surface area contributed by atoms with Crippen LogP contribution in [0.1, 0.15) is 11.1 Å². The fourth-order valence-electron chi connectivity index (χ4n) is 4.32. The van der Waals surface area contributed by atoms with Crippen molar-refractivity contribution in [3.63, 3.8) is 0 Å². The topological polar surface area (TPSA) is 230 Å². The van der Waals surface area contributed by atoms with Crippen molar-refractivity contribution in [2.75, 3.05) is 29.9 Å². The fraction of sp³-hybridized carbons (Fsp3) is 0.240. The SMILES string of the molecule is NCc1cccc(Nc2nc(N)c3ncn([C@@]4(O)CO[C@H](CNS(=O)(=O)/C=C/c5ccccc5N)[C@H]4O)c3n2)c1. The molecule has 2 aromatic carbocycles. The molecule has 1 saturated heterocycles. The first-order chi connectivity index (χ1) is 19.1. The van der Waals surface area contributed by atoms with E-state index < -0.39 is 28.0 Å². The molecule has 3 atom stereocenters. The third kappa shape index (κ3) is 5.46. The molecule has 0 saturated carbocycles. The van der Waals surface area contributed by atoms with E-state index in [9.17, 15) is 18.6 Å². The van der Waals surface area contributed by atoms with Crippen molar-refractivity contribution in [3.05, 3.63) is 71.4 Å². The van der Waals surface area contributed by atoms with Crippen LogP contribution >= 0.6 is 0 Å². The summed E-state index contributed by atoms with van der Waals surface area (Å²) in [5.41, 5.74) is 18.5. The van der Waals surface area contributed by atoms with E-state index in [1.807, 2.05) is 18.2 Å². The van der Waals surface area contributed by atoms with E-state index in [1.54, 1.807) is 30.3 Å². The maximum atomic E-state index is 12.5. The zero-order chi connectivity index (χ0) is 28.5. The number of ether oxygens (including phenoxy) is 1. The zero-order valence-electron chi connectivity index (χ0n) is 21.2. The van der Waals surface area contributed by atoms with Gasteiger partial charge in [-0.25, -0.2) is 18.1 Å². The van der Waals surface area contributed by atoms with Gasteiger partial charge in [-0.05, 0) is 35.4 Å². The monoisotopic (exact) mass is 567 g/mol. The Morgan fingerprint density at radius 3 is 2.75 bits per heavy atom. The maximum absolute atomic E-state index is 12.5. The second kappa shape index (κ2) is 10.8. The van der Waals surface area contributed by atoms with Crippen LogP contribution in [-0.2, 0) is 27.0 Å². The number of hydrogen-bond donors (Lipinski definition) is 7. The molecule has 14 nitrogen and oxygen atoms in total. The number of para-hydroxylation sites is 1. The number of anilines is 4. The van der Waals surface area contributed by atoms with Crippen LogP contribution in [0.25, 0.3) is 17.2 Å². The van der Waals surface area contributed by atoms with E-state index in [2.05, 4.69) is 25.0 Å². The van der Waals surface area contributed by atoms with E-state index in [1.165, 1.54) is 17.0 Å². The van der Waals surface area contributed by atoms with E-state index in [0.29, 0.717) is 23.5 Å². The summed E-state index contributed by atoms with van der Waals surface area (Å²) >= 11 is 0. The molecular formula is C25H29N9O5S. The predicted molar refractivity (Wildman–Crippen MR) is 150 cm³/mol. The number of sulfonamides is 1. The van der Waals surface area contributed by atoms with Crippen LogP contribution in [0, 0.1) is 0 Å². The van der Waals surface area contributed by atoms with Crippen molar-refractivity contribution < 1.29 is 23.4 Å². The molecule has 4 aromatic rings. The first kappa shape index (κ1) is 27.4. The number of aliphatic hydroxyl groups is 2. The summed E-state index contributed by atoms with van der Waals surface area (Å²) in [6, 6.07) is 14.1. The molecule has 5 rings (SSSR count). The number of imidazole rings is 1. The molecule has 1 aliphatic heterocycles. The predicted octanol–water partition coefficient (Wildman–Crippen LogP) is 0.188. The van der Waals surface area contributed by atoms with Gasteiger partial charge in [0, 0.05) is 29.9 Å². The molecule has 0 unspecified atom stereocenters. The van der Waals surface area contributed by atoms with Crippen LogP contribution in [0.5, 0.6) is 0 Å². The van der Waals surface area contributed by atoms with Gasteiger partial charge in [0.15, 0.2) is 17.2 Å². The number of hydrogen-bond acceptors (Lipinski definition) is 12. The molecule has 3 heterocycles. The van der Waals surface area contributed by atoms with E-state index in [4.69, 9.17) is 21.9 Å². The first-order valence-corrected chi connectivity index (χ1v) is 13.8. The summed E-state index contributed by atoms with van der Waals surface area (Å²) in [5.74, 6) is 0.182. The minimum atomic E-state index is -3.91. The summed E-state index contributed by atoms with van der Waals surface area (Å²) in [7, 11) is -3.91. The van der Waals surface area contributed by atoms with Crippen molar-refractivity contribution in [1.29, 1.82) is 0 Å². The number of fused-ring (bicyclic) bond motifs is 1. The molecule has 0 amide bonds. The van der Waals surface area contributed by atoms with Crippen molar-refractivity contribution in [1.82, 2.24) is 24.2 Å². The highest BCUT2D eigenvalue weighted by atomic mass is 32.2. The van der Waals surface area contributed by atoms with Gasteiger partial charge < -0.3 is 37.5 Å². The Morgan fingerprint density at radius 1 is 1.18 bits per heavy atom. The number of benzene rings is 2. The summed E-state index contributed by atoms with van der Waals surface area (Å²) < 4.78 is 34.2. The molecule has 0 spiro atoms. The van der Waals surface area contributed by atoms with E-state index in [-0.39, 0.29) is 36.1 Å². The molecule has 10 N–H and O–H groups in total. The second-order valence-electron chi connectivity index (χ2n) is 9.25. The Labute approximate surface area is 229 Å². The van der Waals surface area contributed by atoms with Crippen LogP contribution in [-0.4, -0.2) is 63.5 Å². The van der Waals surface area contributed by atoms with Crippen molar-refractivity contribution >= 4 is 50.4 Å². The molecule has 210 valence electrons. The van der Waals surface area contributed by atoms with Crippen molar-refractivity contribution in [2.45, 2.75) is 24.5 Å². The molecule has 1 fully saturated rings. The lowest BCUT2D eigenvalue weighted by atomic mass is 10.1. The number of nitrogens with one attached hydrogen (secondary N) is 2. The number of aromatic nitrogens is 4. The number of rotatable bonds is 9. The normalized spacial score (nSPS) is 21.4. The number of aliphatic hydroxyl groups excluding tert-OH is 1. The molecule has 2 aromatic heterocycles. The summed E-state index contributed by atoms with van der Waals surface area (Å²) in [6.07, 6.45) is -0.00126. The van der Waals surface area contributed by atoms with Gasteiger partial charge in [0.1, 0.15) is 17.7 Å². The molecule has 0 radical (unpaired) electrons. The highest BCUT2D eigenvalue weighted by Crippen LogP contribution is 2.33. The van der Waals surface area contributed by atoms with Gasteiger partial charge in [-0.15, -0.1) is 0 Å². The Bertz CT molecular complexity index is 1680. The number of nitrogen functional groups attached to an aromatic ring is 2. The Morgan fingerprint density at radius 2 is 1.98 bits per heavy atom. The summed E-state index contributed by atoms with van der Waals surface area (Å²) in [4.78, 5) is 12.9. The summed E-state index contributed by atoms with van der Waals surface area (Å²) in [5, 5.41) is 26.5. The van der Waals surface area contributed by atoms with Crippen molar-refractivity contribution in [2.24, 2.45) is 5.73 Å². The van der Waals surface area contributed by atoms with Crippen LogP contribution in [0.2, 0.25) is 0 Å². The Kier molecular flexibility index (Phi) is 7.41. The standard InChI is InChI=1S/C25H29N9O5S/c26-11-15-4-3-6-17(10-15)31-24-32-22(28)20-23(33-24)34(14-29-20)25(36)13-39-19(21(25)35)12-30-40(37,38)9-8-16-5-1-2-7-18(16)27/h1-10,14,19,21,30,35-36H,11-13,26-27H2,(H3,28,31,32,33)/b9-8+/t19-,21-,25-/m1/s1. The number of nitrogens with two attached hydrogens (primary N) is 3. The van der Waals surface area contributed by atoms with Crippen LogP contribution < -0.4 is 27.2 Å². The maximum Gasteiger partial charge on any atom is 0.233 e. The quantitative estimate of drug-likeness (QED) is 0.134. The first-order valence-electron chi connectivity index (χ1n) is 12.2. The van der Waals surface area contributed by atoms with Gasteiger partial charge >= 0.3 is 0 Å². The Hall–Kier alpha value is -4.12. The molecule has 15 heteroatoms. The van der Waals surface area contributed by atoms with Crippen molar-refractivity contribution in [3.8, 4) is 0 Å². The average molecular weight is 568 g/mol. The van der Waals surface area contributed by atoms with Gasteiger partial charge in [0.05, 0.1) is 12.9 Å². The molecular weight excluding hydrogens is 538 g/mol. The average Bonchev–Trinajstić information content (AvgIpc) is 3.49. The van der Waals surface area contributed by atoms with Gasteiger partial charge in [-0.3, -0.25) is 4.57 Å². The van der Waals surface area contributed by atoms with Crippen LogP contribution in [0.3, 0.4) is 0 Å². The smallest absolute Gasteiger partial charge is 0.233 e. The third-order valence-electron chi connectivity index (χ3n) is 6.50. The number of nitrogens with zero attached hydrogens (tertiary/aromatic N) is 4. The Balaban J connectivity index is 1.34.